The molecule has 1 atom stereocenters. The maximum Gasteiger partial charge on any atom is 0.313 e. The second-order valence-electron chi connectivity index (χ2n) is 6.82. The van der Waals surface area contributed by atoms with Crippen molar-refractivity contribution in [3.8, 4) is 0 Å². The van der Waals surface area contributed by atoms with Crippen LogP contribution < -0.4 is 15.5 Å². The van der Waals surface area contributed by atoms with E-state index in [1.807, 2.05) is 51.9 Å². The predicted molar refractivity (Wildman–Crippen MR) is 92.5 cm³/mol. The normalized spacial score (nSPS) is 12.4. The Balaban J connectivity index is 2.44. The zero-order chi connectivity index (χ0) is 17.6. The first-order valence-electron chi connectivity index (χ1n) is 7.66. The van der Waals surface area contributed by atoms with Gasteiger partial charge in [-0.05, 0) is 36.1 Å². The Kier molecular flexibility index (Phi) is 6.57. The van der Waals surface area contributed by atoms with Crippen LogP contribution in [0.25, 0.3) is 0 Å². The van der Waals surface area contributed by atoms with Crippen LogP contribution in [0.2, 0.25) is 0 Å². The third-order valence-electron chi connectivity index (χ3n) is 3.55. The second-order valence-corrected chi connectivity index (χ2v) is 6.82. The van der Waals surface area contributed by atoms with E-state index in [-0.39, 0.29) is 12.0 Å². The third kappa shape index (κ3) is 6.28. The topological polar surface area (TPSA) is 81.7 Å². The van der Waals surface area contributed by atoms with Gasteiger partial charge in [-0.3, -0.25) is 9.59 Å². The fraction of sp³-hybridized carbons (Fsp3) is 0.529. The molecular weight excluding hydrogens is 294 g/mol. The molecule has 6 nitrogen and oxygen atoms in total. The van der Waals surface area contributed by atoms with Crippen molar-refractivity contribution in [1.82, 2.24) is 5.32 Å². The zero-order valence-electron chi connectivity index (χ0n) is 14.5. The molecule has 1 rings (SSSR count). The molecule has 0 aliphatic carbocycles. The van der Waals surface area contributed by atoms with Crippen molar-refractivity contribution < 1.29 is 14.7 Å². The molecule has 0 radical (unpaired) electrons. The van der Waals surface area contributed by atoms with E-state index in [1.54, 1.807) is 12.1 Å². The molecule has 0 spiro atoms. The highest BCUT2D eigenvalue weighted by Gasteiger charge is 2.22. The number of amides is 2. The number of nitrogens with one attached hydrogen (secondary N) is 2. The van der Waals surface area contributed by atoms with Crippen LogP contribution in [-0.4, -0.2) is 43.7 Å². The number of anilines is 2. The monoisotopic (exact) mass is 321 g/mol. The van der Waals surface area contributed by atoms with E-state index >= 15 is 0 Å². The summed E-state index contributed by atoms with van der Waals surface area (Å²) in [6.07, 6.45) is -0.135. The predicted octanol–water partition coefficient (Wildman–Crippen LogP) is 1.60. The van der Waals surface area contributed by atoms with Crippen molar-refractivity contribution in [3.05, 3.63) is 24.3 Å². The van der Waals surface area contributed by atoms with Crippen LogP contribution in [0.15, 0.2) is 24.3 Å². The summed E-state index contributed by atoms with van der Waals surface area (Å²) in [4.78, 5) is 25.5. The fourth-order valence-electron chi connectivity index (χ4n) is 1.87. The summed E-state index contributed by atoms with van der Waals surface area (Å²) < 4.78 is 0. The lowest BCUT2D eigenvalue weighted by Gasteiger charge is -2.25. The largest absolute Gasteiger partial charge is 0.393 e. The number of hydrogen-bond acceptors (Lipinski definition) is 4. The van der Waals surface area contributed by atoms with Gasteiger partial charge in [0.1, 0.15) is 0 Å². The minimum atomic E-state index is -0.715. The van der Waals surface area contributed by atoms with Gasteiger partial charge in [-0.15, -0.1) is 0 Å². The first-order chi connectivity index (χ1) is 10.6. The molecule has 0 bridgehead atoms. The molecule has 2 amide bonds. The molecule has 0 aromatic heterocycles. The maximum absolute atomic E-state index is 11.8. The van der Waals surface area contributed by atoms with Crippen molar-refractivity contribution in [2.24, 2.45) is 5.41 Å². The van der Waals surface area contributed by atoms with E-state index in [4.69, 9.17) is 0 Å². The summed E-state index contributed by atoms with van der Waals surface area (Å²) in [6.45, 7) is 6.01. The van der Waals surface area contributed by atoms with E-state index < -0.39 is 17.9 Å². The average molecular weight is 321 g/mol. The highest BCUT2D eigenvalue weighted by Crippen LogP contribution is 2.21. The first-order valence-corrected chi connectivity index (χ1v) is 7.66. The van der Waals surface area contributed by atoms with Crippen molar-refractivity contribution in [3.63, 3.8) is 0 Å². The highest BCUT2D eigenvalue weighted by atomic mass is 16.3. The van der Waals surface area contributed by atoms with Gasteiger partial charge in [0.05, 0.1) is 6.10 Å². The molecule has 0 fully saturated rings. The van der Waals surface area contributed by atoms with E-state index in [1.165, 1.54) is 0 Å². The van der Waals surface area contributed by atoms with Crippen LogP contribution in [0.5, 0.6) is 0 Å². The van der Waals surface area contributed by atoms with E-state index in [0.717, 1.165) is 5.69 Å². The minimum absolute atomic E-state index is 0.249. The molecule has 128 valence electrons. The summed E-state index contributed by atoms with van der Waals surface area (Å²) in [7, 11) is 3.85. The molecular formula is C17H27N3O3. The quantitative estimate of drug-likeness (QED) is 0.720. The van der Waals surface area contributed by atoms with Gasteiger partial charge in [-0.2, -0.15) is 0 Å². The van der Waals surface area contributed by atoms with Crippen LogP contribution in [0, 0.1) is 5.41 Å². The SMILES string of the molecule is CN(C)c1ccc(NC(=O)C(=O)NCCC(O)C(C)(C)C)cc1. The van der Waals surface area contributed by atoms with Gasteiger partial charge in [-0.25, -0.2) is 0 Å². The zero-order valence-corrected chi connectivity index (χ0v) is 14.5. The maximum atomic E-state index is 11.8. The number of hydrogen-bond donors (Lipinski definition) is 3. The standard InChI is InChI=1S/C17H27N3O3/c1-17(2,3)14(21)10-11-18-15(22)16(23)19-12-6-8-13(9-7-12)20(4)5/h6-9,14,21H,10-11H2,1-5H3,(H,18,22)(H,19,23). The minimum Gasteiger partial charge on any atom is -0.393 e. The number of nitrogens with zero attached hydrogens (tertiary/aromatic N) is 1. The number of benzene rings is 1. The summed E-state index contributed by atoms with van der Waals surface area (Å²) >= 11 is 0. The van der Waals surface area contributed by atoms with Gasteiger partial charge < -0.3 is 20.6 Å². The fourth-order valence-corrected chi connectivity index (χ4v) is 1.87. The van der Waals surface area contributed by atoms with Crippen molar-refractivity contribution in [1.29, 1.82) is 0 Å². The van der Waals surface area contributed by atoms with E-state index in [2.05, 4.69) is 10.6 Å². The molecule has 23 heavy (non-hydrogen) atoms. The molecule has 1 aromatic rings. The van der Waals surface area contributed by atoms with Gasteiger partial charge in [0.25, 0.3) is 0 Å². The van der Waals surface area contributed by atoms with Crippen molar-refractivity contribution in [2.75, 3.05) is 30.9 Å². The molecule has 0 saturated heterocycles. The third-order valence-corrected chi connectivity index (χ3v) is 3.55. The van der Waals surface area contributed by atoms with Crippen LogP contribution >= 0.6 is 0 Å². The van der Waals surface area contributed by atoms with Gasteiger partial charge >= 0.3 is 11.8 Å². The lowest BCUT2D eigenvalue weighted by molar-refractivity contribution is -0.136. The van der Waals surface area contributed by atoms with Crippen LogP contribution in [-0.2, 0) is 9.59 Å². The Labute approximate surface area is 137 Å². The molecule has 0 aliphatic rings. The Morgan fingerprint density at radius 3 is 2.17 bits per heavy atom. The molecule has 1 unspecified atom stereocenters. The van der Waals surface area contributed by atoms with Crippen molar-refractivity contribution >= 4 is 23.2 Å². The van der Waals surface area contributed by atoms with E-state index in [0.29, 0.717) is 12.1 Å². The summed E-state index contributed by atoms with van der Waals surface area (Å²) in [5.41, 5.74) is 1.32. The van der Waals surface area contributed by atoms with Gasteiger partial charge in [-0.1, -0.05) is 20.8 Å². The Hall–Kier alpha value is -2.08. The summed E-state index contributed by atoms with van der Waals surface area (Å²) in [5.74, 6) is -1.42. The highest BCUT2D eigenvalue weighted by molar-refractivity contribution is 6.39. The lowest BCUT2D eigenvalue weighted by atomic mass is 9.87. The van der Waals surface area contributed by atoms with Gasteiger partial charge in [0, 0.05) is 32.0 Å². The molecule has 0 aliphatic heterocycles. The first kappa shape index (κ1) is 19.0. The number of carbonyl (C=O) groups excluding carboxylic acids is 2. The van der Waals surface area contributed by atoms with Gasteiger partial charge in [0.2, 0.25) is 0 Å². The lowest BCUT2D eigenvalue weighted by Crippen LogP contribution is -2.38. The number of carbonyl (C=O) groups is 2. The molecule has 0 saturated carbocycles. The molecule has 6 heteroatoms. The Morgan fingerprint density at radius 1 is 1.13 bits per heavy atom. The average Bonchev–Trinajstić information content (AvgIpc) is 2.46. The number of rotatable bonds is 5. The Morgan fingerprint density at radius 2 is 1.70 bits per heavy atom. The summed E-state index contributed by atoms with van der Waals surface area (Å²) in [6, 6.07) is 7.19. The smallest absolute Gasteiger partial charge is 0.313 e. The van der Waals surface area contributed by atoms with Gasteiger partial charge in [0.15, 0.2) is 0 Å². The molecule has 0 heterocycles. The van der Waals surface area contributed by atoms with Crippen LogP contribution in [0.3, 0.4) is 0 Å². The van der Waals surface area contributed by atoms with Crippen molar-refractivity contribution in [2.45, 2.75) is 33.3 Å². The number of aliphatic hydroxyl groups excluding tert-OH is 1. The molecule has 1 aromatic carbocycles. The van der Waals surface area contributed by atoms with Crippen LogP contribution in [0.4, 0.5) is 11.4 Å². The number of aliphatic hydroxyl groups is 1. The van der Waals surface area contributed by atoms with Crippen LogP contribution in [0.1, 0.15) is 27.2 Å². The summed E-state index contributed by atoms with van der Waals surface area (Å²) in [5, 5.41) is 14.9. The molecule has 3 N–H and O–H groups in total. The Bertz CT molecular complexity index is 533. The van der Waals surface area contributed by atoms with E-state index in [9.17, 15) is 14.7 Å². The second kappa shape index (κ2) is 7.97.